The predicted octanol–water partition coefficient (Wildman–Crippen LogP) is 2.77. The van der Waals surface area contributed by atoms with E-state index in [2.05, 4.69) is 16.7 Å². The second kappa shape index (κ2) is 9.60. The van der Waals surface area contributed by atoms with E-state index in [1.165, 1.54) is 12.1 Å². The molecule has 0 radical (unpaired) electrons. The van der Waals surface area contributed by atoms with E-state index in [0.29, 0.717) is 12.5 Å². The number of carbonyl (C=O) groups excluding carboxylic acids is 1. The number of aryl methyl sites for hydroxylation is 1. The number of benzene rings is 1. The quantitative estimate of drug-likeness (QED) is 0.761. The lowest BCUT2D eigenvalue weighted by Crippen LogP contribution is -2.51. The lowest BCUT2D eigenvalue weighted by atomic mass is 9.91. The molecule has 3 rings (SSSR count). The zero-order chi connectivity index (χ0) is 19.2. The standard InChI is InChI=1S/C21H31F2N3O/c1-2-24-10-12-25(13-11-24)16-21(27)26-9-3-4-18(15-26)6-5-17-7-8-19(22)20(23)14-17/h7-8,14,18H,2-6,9-13,15-16H2,1H3/t18-/m0/s1. The molecule has 150 valence electrons. The van der Waals surface area contributed by atoms with Crippen molar-refractivity contribution in [3.63, 3.8) is 0 Å². The van der Waals surface area contributed by atoms with Crippen molar-refractivity contribution in [2.24, 2.45) is 5.92 Å². The second-order valence-electron chi connectivity index (χ2n) is 7.85. The maximum Gasteiger partial charge on any atom is 0.236 e. The molecule has 0 aliphatic carbocycles. The van der Waals surface area contributed by atoms with Crippen molar-refractivity contribution in [3.8, 4) is 0 Å². The number of hydrogen-bond donors (Lipinski definition) is 0. The van der Waals surface area contributed by atoms with Crippen LogP contribution in [0.4, 0.5) is 8.78 Å². The van der Waals surface area contributed by atoms with Gasteiger partial charge < -0.3 is 9.80 Å². The van der Waals surface area contributed by atoms with Crippen LogP contribution >= 0.6 is 0 Å². The third kappa shape index (κ3) is 5.72. The average molecular weight is 379 g/mol. The van der Waals surface area contributed by atoms with Gasteiger partial charge in [-0.05, 0) is 55.8 Å². The molecule has 0 bridgehead atoms. The Labute approximate surface area is 161 Å². The molecule has 27 heavy (non-hydrogen) atoms. The molecule has 0 saturated carbocycles. The van der Waals surface area contributed by atoms with Crippen LogP contribution in [0.25, 0.3) is 0 Å². The van der Waals surface area contributed by atoms with Crippen LogP contribution in [0.2, 0.25) is 0 Å². The summed E-state index contributed by atoms with van der Waals surface area (Å²) in [6.07, 6.45) is 3.76. The first-order chi connectivity index (χ1) is 13.0. The molecule has 2 saturated heterocycles. The summed E-state index contributed by atoms with van der Waals surface area (Å²) >= 11 is 0. The highest BCUT2D eigenvalue weighted by molar-refractivity contribution is 5.78. The Hall–Kier alpha value is -1.53. The van der Waals surface area contributed by atoms with Crippen molar-refractivity contribution in [1.82, 2.24) is 14.7 Å². The molecule has 4 nitrogen and oxygen atoms in total. The van der Waals surface area contributed by atoms with Gasteiger partial charge in [-0.25, -0.2) is 8.78 Å². The van der Waals surface area contributed by atoms with Crippen LogP contribution in [0.1, 0.15) is 31.7 Å². The van der Waals surface area contributed by atoms with E-state index >= 15 is 0 Å². The fourth-order valence-corrected chi connectivity index (χ4v) is 4.15. The Balaban J connectivity index is 1.44. The molecule has 1 aromatic carbocycles. The van der Waals surface area contributed by atoms with Gasteiger partial charge in [0.25, 0.3) is 0 Å². The van der Waals surface area contributed by atoms with Gasteiger partial charge in [-0.15, -0.1) is 0 Å². The molecule has 1 atom stereocenters. The molecular weight excluding hydrogens is 348 g/mol. The van der Waals surface area contributed by atoms with Crippen LogP contribution in [0.3, 0.4) is 0 Å². The van der Waals surface area contributed by atoms with Gasteiger partial charge in [0, 0.05) is 39.3 Å². The van der Waals surface area contributed by atoms with Gasteiger partial charge in [-0.2, -0.15) is 0 Å². The van der Waals surface area contributed by atoms with Crippen LogP contribution in [0.15, 0.2) is 18.2 Å². The molecule has 6 heteroatoms. The van der Waals surface area contributed by atoms with Gasteiger partial charge in [-0.1, -0.05) is 13.0 Å². The summed E-state index contributed by atoms with van der Waals surface area (Å²) in [5.41, 5.74) is 0.825. The number of piperidine rings is 1. The predicted molar refractivity (Wildman–Crippen MR) is 103 cm³/mol. The molecule has 2 aliphatic heterocycles. The van der Waals surface area contributed by atoms with Crippen molar-refractivity contribution < 1.29 is 13.6 Å². The molecule has 0 aromatic heterocycles. The zero-order valence-electron chi connectivity index (χ0n) is 16.3. The Morgan fingerprint density at radius 1 is 1.07 bits per heavy atom. The summed E-state index contributed by atoms with van der Waals surface area (Å²) in [5.74, 6) is -0.908. The molecule has 1 amide bonds. The van der Waals surface area contributed by atoms with Crippen LogP contribution in [0, 0.1) is 17.6 Å². The topological polar surface area (TPSA) is 26.8 Å². The number of rotatable bonds is 6. The third-order valence-electron chi connectivity index (χ3n) is 5.97. The Bertz CT molecular complexity index is 632. The number of likely N-dealkylation sites (tertiary alicyclic amines) is 1. The Kier molecular flexibility index (Phi) is 7.19. The van der Waals surface area contributed by atoms with Gasteiger partial charge in [0.2, 0.25) is 5.91 Å². The van der Waals surface area contributed by atoms with Gasteiger partial charge in [0.05, 0.1) is 6.54 Å². The summed E-state index contributed by atoms with van der Waals surface area (Å²) < 4.78 is 26.4. The van der Waals surface area contributed by atoms with E-state index in [9.17, 15) is 13.6 Å². The van der Waals surface area contributed by atoms with E-state index in [4.69, 9.17) is 0 Å². The first kappa shape index (κ1) is 20.2. The number of carbonyl (C=O) groups is 1. The number of nitrogens with zero attached hydrogens (tertiary/aromatic N) is 3. The fraction of sp³-hybridized carbons (Fsp3) is 0.667. The largest absolute Gasteiger partial charge is 0.341 e. The van der Waals surface area contributed by atoms with E-state index in [1.54, 1.807) is 6.07 Å². The van der Waals surface area contributed by atoms with Gasteiger partial charge in [0.15, 0.2) is 11.6 Å². The van der Waals surface area contributed by atoms with E-state index in [0.717, 1.165) is 77.1 Å². The first-order valence-corrected chi connectivity index (χ1v) is 10.2. The van der Waals surface area contributed by atoms with Gasteiger partial charge in [-0.3, -0.25) is 9.69 Å². The minimum absolute atomic E-state index is 0.234. The maximum atomic E-state index is 13.3. The molecule has 2 aliphatic rings. The van der Waals surface area contributed by atoms with Gasteiger partial charge >= 0.3 is 0 Å². The normalized spacial score (nSPS) is 22.2. The fourth-order valence-electron chi connectivity index (χ4n) is 4.15. The highest BCUT2D eigenvalue weighted by Gasteiger charge is 2.26. The smallest absolute Gasteiger partial charge is 0.236 e. The summed E-state index contributed by atoms with van der Waals surface area (Å²) in [7, 11) is 0. The van der Waals surface area contributed by atoms with Crippen molar-refractivity contribution >= 4 is 5.91 Å². The number of amides is 1. The Morgan fingerprint density at radius 2 is 1.81 bits per heavy atom. The zero-order valence-corrected chi connectivity index (χ0v) is 16.3. The van der Waals surface area contributed by atoms with Gasteiger partial charge in [0.1, 0.15) is 0 Å². The number of likely N-dealkylation sites (N-methyl/N-ethyl adjacent to an activating group) is 1. The van der Waals surface area contributed by atoms with Crippen molar-refractivity contribution in [2.45, 2.75) is 32.6 Å². The number of piperazine rings is 1. The minimum Gasteiger partial charge on any atom is -0.341 e. The second-order valence-corrected chi connectivity index (χ2v) is 7.85. The monoisotopic (exact) mass is 379 g/mol. The highest BCUT2D eigenvalue weighted by atomic mass is 19.2. The molecule has 2 heterocycles. The SMILES string of the molecule is CCN1CCN(CC(=O)N2CCC[C@@H](CCc3ccc(F)c(F)c3)C2)CC1. The summed E-state index contributed by atoms with van der Waals surface area (Å²) in [5, 5.41) is 0. The lowest BCUT2D eigenvalue weighted by Gasteiger charge is -2.37. The van der Waals surface area contributed by atoms with E-state index in [-0.39, 0.29) is 5.91 Å². The summed E-state index contributed by atoms with van der Waals surface area (Å²) in [6, 6.07) is 4.14. The molecule has 0 spiro atoms. The van der Waals surface area contributed by atoms with Crippen molar-refractivity contribution in [2.75, 3.05) is 52.4 Å². The molecule has 1 aromatic rings. The maximum absolute atomic E-state index is 13.3. The molecular formula is C21H31F2N3O. The van der Waals surface area contributed by atoms with Crippen molar-refractivity contribution in [3.05, 3.63) is 35.4 Å². The summed E-state index contributed by atoms with van der Waals surface area (Å²) in [4.78, 5) is 19.4. The number of hydrogen-bond acceptors (Lipinski definition) is 3. The molecule has 0 N–H and O–H groups in total. The first-order valence-electron chi connectivity index (χ1n) is 10.2. The van der Waals surface area contributed by atoms with E-state index in [1.807, 2.05) is 4.90 Å². The highest BCUT2D eigenvalue weighted by Crippen LogP contribution is 2.22. The van der Waals surface area contributed by atoms with Crippen LogP contribution < -0.4 is 0 Å². The Morgan fingerprint density at radius 3 is 2.52 bits per heavy atom. The van der Waals surface area contributed by atoms with Crippen molar-refractivity contribution in [1.29, 1.82) is 0 Å². The lowest BCUT2D eigenvalue weighted by molar-refractivity contribution is -0.134. The number of halogens is 2. The van der Waals surface area contributed by atoms with Crippen LogP contribution in [-0.2, 0) is 11.2 Å². The van der Waals surface area contributed by atoms with Crippen LogP contribution in [-0.4, -0.2) is 73.0 Å². The van der Waals surface area contributed by atoms with Crippen LogP contribution in [0.5, 0.6) is 0 Å². The average Bonchev–Trinajstić information content (AvgIpc) is 2.69. The molecule has 2 fully saturated rings. The molecule has 0 unspecified atom stereocenters. The third-order valence-corrected chi connectivity index (χ3v) is 5.97. The van der Waals surface area contributed by atoms with E-state index < -0.39 is 11.6 Å². The summed E-state index contributed by atoms with van der Waals surface area (Å²) in [6.45, 7) is 9.42. The minimum atomic E-state index is -0.798.